The van der Waals surface area contributed by atoms with E-state index in [9.17, 15) is 8.78 Å². The number of hydrogen-bond donors (Lipinski definition) is 1. The Hall–Kier alpha value is -2.69. The van der Waals surface area contributed by atoms with Gasteiger partial charge in [0.25, 0.3) is 0 Å². The van der Waals surface area contributed by atoms with Crippen LogP contribution in [0, 0.1) is 17.0 Å². The van der Waals surface area contributed by atoms with Crippen LogP contribution >= 0.6 is 0 Å². The Bertz CT molecular complexity index is 649. The van der Waals surface area contributed by atoms with E-state index in [-0.39, 0.29) is 24.7 Å². The molecule has 2 aromatic carbocycles. The summed E-state index contributed by atoms with van der Waals surface area (Å²) in [6, 6.07) is 12.1. The normalized spacial score (nSPS) is 11.4. The van der Waals surface area contributed by atoms with E-state index < -0.39 is 0 Å². The molecule has 1 N–H and O–H groups in total. The monoisotopic (exact) mass is 299 g/mol. The van der Waals surface area contributed by atoms with Gasteiger partial charge in [0.2, 0.25) is 0 Å². The summed E-state index contributed by atoms with van der Waals surface area (Å²) < 4.78 is 25.9. The molecule has 2 aromatic rings. The first kappa shape index (κ1) is 15.7. The molecule has 0 fully saturated rings. The summed E-state index contributed by atoms with van der Waals surface area (Å²) in [5, 5.41) is 7.73. The Balaban J connectivity index is 1.81. The lowest BCUT2D eigenvalue weighted by Crippen LogP contribution is -2.06. The van der Waals surface area contributed by atoms with Gasteiger partial charge in [-0.15, -0.1) is 0 Å². The van der Waals surface area contributed by atoms with Crippen molar-refractivity contribution in [2.24, 2.45) is 9.98 Å². The number of rotatable bonds is 6. The van der Waals surface area contributed by atoms with E-state index in [1.807, 2.05) is 0 Å². The van der Waals surface area contributed by atoms with Gasteiger partial charge in [-0.3, -0.25) is 9.98 Å². The molecule has 112 valence electrons. The number of halogens is 2. The van der Waals surface area contributed by atoms with Crippen molar-refractivity contribution in [3.05, 3.63) is 71.3 Å². The molecule has 0 aliphatic rings. The summed E-state index contributed by atoms with van der Waals surface area (Å²) in [6.07, 6.45) is 3.04. The lowest BCUT2D eigenvalue weighted by molar-refractivity contribution is 0.627. The summed E-state index contributed by atoms with van der Waals surface area (Å²) in [5.41, 5.74) is 1.62. The second kappa shape index (κ2) is 7.93. The Morgan fingerprint density at radius 1 is 0.864 bits per heavy atom. The molecule has 0 bridgehead atoms. The maximum atomic E-state index is 13.0. The van der Waals surface area contributed by atoms with Crippen LogP contribution in [0.3, 0.4) is 0 Å². The summed E-state index contributed by atoms with van der Waals surface area (Å²) in [7, 11) is 0. The molecular weight excluding hydrogens is 284 g/mol. The Kier molecular flexibility index (Phi) is 5.65. The standard InChI is InChI=1S/C17H15F2N3/c18-15-5-1-3-13(7-15)9-21-11-17(20)12-22-10-14-4-2-6-16(19)8-14/h1-10,20H,11-12H2. The van der Waals surface area contributed by atoms with Crippen LogP contribution in [0.1, 0.15) is 11.1 Å². The fourth-order valence-corrected chi connectivity index (χ4v) is 1.75. The van der Waals surface area contributed by atoms with Crippen molar-refractivity contribution in [2.75, 3.05) is 13.1 Å². The third kappa shape index (κ3) is 5.36. The maximum Gasteiger partial charge on any atom is 0.123 e. The molecule has 0 heterocycles. The molecular formula is C17H15F2N3. The topological polar surface area (TPSA) is 48.6 Å². The van der Waals surface area contributed by atoms with E-state index >= 15 is 0 Å². The van der Waals surface area contributed by atoms with Crippen molar-refractivity contribution in [1.82, 2.24) is 0 Å². The second-order valence-corrected chi connectivity index (χ2v) is 4.65. The van der Waals surface area contributed by atoms with Crippen LogP contribution in [-0.4, -0.2) is 31.2 Å². The van der Waals surface area contributed by atoms with Gasteiger partial charge in [0.15, 0.2) is 0 Å². The van der Waals surface area contributed by atoms with Gasteiger partial charge in [0, 0.05) is 12.4 Å². The molecule has 0 unspecified atom stereocenters. The van der Waals surface area contributed by atoms with Gasteiger partial charge in [-0.25, -0.2) is 8.78 Å². The van der Waals surface area contributed by atoms with Gasteiger partial charge in [0.1, 0.15) is 11.6 Å². The lowest BCUT2D eigenvalue weighted by Gasteiger charge is -1.97. The minimum absolute atomic E-state index is 0.191. The zero-order valence-electron chi connectivity index (χ0n) is 11.8. The molecule has 22 heavy (non-hydrogen) atoms. The summed E-state index contributed by atoms with van der Waals surface area (Å²) in [4.78, 5) is 8.14. The molecule has 0 aliphatic carbocycles. The summed E-state index contributed by atoms with van der Waals surface area (Å²) in [6.45, 7) is 0.383. The van der Waals surface area contributed by atoms with Gasteiger partial charge >= 0.3 is 0 Å². The van der Waals surface area contributed by atoms with Crippen LogP contribution in [0.15, 0.2) is 58.5 Å². The Morgan fingerprint density at radius 3 is 1.73 bits per heavy atom. The predicted octanol–water partition coefficient (Wildman–Crippen LogP) is 3.52. The van der Waals surface area contributed by atoms with Crippen molar-refractivity contribution in [3.8, 4) is 0 Å². The molecule has 0 spiro atoms. The minimum Gasteiger partial charge on any atom is -0.306 e. The first-order chi connectivity index (χ1) is 10.6. The average Bonchev–Trinajstić information content (AvgIpc) is 2.47. The fourth-order valence-electron chi connectivity index (χ4n) is 1.75. The molecule has 0 saturated carbocycles. The molecule has 0 atom stereocenters. The highest BCUT2D eigenvalue weighted by Gasteiger charge is 1.95. The van der Waals surface area contributed by atoms with Gasteiger partial charge in [-0.2, -0.15) is 0 Å². The quantitative estimate of drug-likeness (QED) is 0.793. The zero-order chi connectivity index (χ0) is 15.8. The number of nitrogens with one attached hydrogen (secondary N) is 1. The summed E-state index contributed by atoms with van der Waals surface area (Å²) >= 11 is 0. The third-order valence-corrected chi connectivity index (χ3v) is 2.74. The largest absolute Gasteiger partial charge is 0.306 e. The number of hydrogen-bond acceptors (Lipinski definition) is 3. The van der Waals surface area contributed by atoms with E-state index in [1.54, 1.807) is 24.3 Å². The van der Waals surface area contributed by atoms with Gasteiger partial charge in [-0.05, 0) is 35.4 Å². The molecule has 3 nitrogen and oxygen atoms in total. The van der Waals surface area contributed by atoms with Crippen molar-refractivity contribution in [3.63, 3.8) is 0 Å². The molecule has 0 aliphatic heterocycles. The van der Waals surface area contributed by atoms with Crippen molar-refractivity contribution >= 4 is 18.1 Å². The number of nitrogens with zero attached hydrogens (tertiary/aromatic N) is 2. The number of aliphatic imine (C=N–C) groups is 2. The van der Waals surface area contributed by atoms with E-state index in [1.165, 1.54) is 36.7 Å². The summed E-state index contributed by atoms with van der Waals surface area (Å²) in [5.74, 6) is -0.641. The van der Waals surface area contributed by atoms with Crippen molar-refractivity contribution in [1.29, 1.82) is 5.41 Å². The fraction of sp³-hybridized carbons (Fsp3) is 0.118. The van der Waals surface area contributed by atoms with Gasteiger partial charge in [-0.1, -0.05) is 24.3 Å². The van der Waals surface area contributed by atoms with Crippen LogP contribution in [0.4, 0.5) is 8.78 Å². The van der Waals surface area contributed by atoms with Gasteiger partial charge < -0.3 is 5.41 Å². The highest BCUT2D eigenvalue weighted by Crippen LogP contribution is 2.01. The smallest absolute Gasteiger partial charge is 0.123 e. The minimum atomic E-state index is -0.321. The molecule has 0 radical (unpaired) electrons. The second-order valence-electron chi connectivity index (χ2n) is 4.65. The zero-order valence-corrected chi connectivity index (χ0v) is 11.8. The van der Waals surface area contributed by atoms with Crippen molar-refractivity contribution in [2.45, 2.75) is 0 Å². The Morgan fingerprint density at radius 2 is 1.32 bits per heavy atom. The molecule has 2 rings (SSSR count). The van der Waals surface area contributed by atoms with Gasteiger partial charge in [0.05, 0.1) is 18.8 Å². The molecule has 0 saturated heterocycles. The maximum absolute atomic E-state index is 13.0. The average molecular weight is 299 g/mol. The van der Waals surface area contributed by atoms with Crippen LogP contribution < -0.4 is 0 Å². The predicted molar refractivity (Wildman–Crippen MR) is 85.4 cm³/mol. The highest BCUT2D eigenvalue weighted by molar-refractivity contribution is 5.90. The Labute approximate surface area is 127 Å². The molecule has 0 amide bonds. The van der Waals surface area contributed by atoms with Crippen molar-refractivity contribution < 1.29 is 8.78 Å². The van der Waals surface area contributed by atoms with Crippen LogP contribution in [0.5, 0.6) is 0 Å². The first-order valence-electron chi connectivity index (χ1n) is 6.70. The van der Waals surface area contributed by atoms with E-state index in [0.717, 1.165) is 0 Å². The highest BCUT2D eigenvalue weighted by atomic mass is 19.1. The van der Waals surface area contributed by atoms with Crippen LogP contribution in [-0.2, 0) is 0 Å². The van der Waals surface area contributed by atoms with E-state index in [4.69, 9.17) is 5.41 Å². The molecule has 5 heteroatoms. The van der Waals surface area contributed by atoms with Crippen LogP contribution in [0.2, 0.25) is 0 Å². The van der Waals surface area contributed by atoms with Crippen LogP contribution in [0.25, 0.3) is 0 Å². The third-order valence-electron chi connectivity index (χ3n) is 2.74. The molecule has 0 aromatic heterocycles. The number of benzene rings is 2. The van der Waals surface area contributed by atoms with E-state index in [2.05, 4.69) is 9.98 Å². The first-order valence-corrected chi connectivity index (χ1v) is 6.70. The van der Waals surface area contributed by atoms with E-state index in [0.29, 0.717) is 16.8 Å². The SMILES string of the molecule is N=C(CN=Cc1cccc(F)c1)CN=Cc1cccc(F)c1. The lowest BCUT2D eigenvalue weighted by atomic mass is 10.2.